The second kappa shape index (κ2) is 3.85. The van der Waals surface area contributed by atoms with E-state index in [0.717, 1.165) is 18.5 Å². The lowest BCUT2D eigenvalue weighted by Crippen LogP contribution is -2.23. The molecule has 0 saturated carbocycles. The summed E-state index contributed by atoms with van der Waals surface area (Å²) in [6, 6.07) is 8.29. The highest BCUT2D eigenvalue weighted by Crippen LogP contribution is 2.41. The third-order valence-electron chi connectivity index (χ3n) is 2.91. The molecule has 1 aromatic carbocycles. The first-order valence-corrected chi connectivity index (χ1v) is 5.19. The Morgan fingerprint density at radius 3 is 2.47 bits per heavy atom. The van der Waals surface area contributed by atoms with Gasteiger partial charge in [-0.2, -0.15) is 0 Å². The summed E-state index contributed by atoms with van der Waals surface area (Å²) in [6.45, 7) is 7.66. The van der Waals surface area contributed by atoms with Crippen LogP contribution in [0.5, 0.6) is 0 Å². The molecule has 1 heterocycles. The normalized spacial score (nSPS) is 16.0. The summed E-state index contributed by atoms with van der Waals surface area (Å²) < 4.78 is 0. The van der Waals surface area contributed by atoms with Crippen LogP contribution < -0.4 is 0 Å². The third kappa shape index (κ3) is 1.54. The molecule has 0 bridgehead atoms. The van der Waals surface area contributed by atoms with Crippen molar-refractivity contribution < 1.29 is 0 Å². The molecule has 0 unspecified atom stereocenters. The molecule has 76 valence electrons. The minimum atomic E-state index is 0.0000926. The highest BCUT2D eigenvalue weighted by Gasteiger charge is 2.33. The minimum Gasteiger partial charge on any atom is -0.260 e. The Bertz CT molecular complexity index is 405. The van der Waals surface area contributed by atoms with Gasteiger partial charge in [0.1, 0.15) is 0 Å². The Hall–Kier alpha value is -1.63. The third-order valence-corrected chi connectivity index (χ3v) is 2.91. The fraction of sp³-hybridized carbons (Fsp3) is 0.214. The predicted molar refractivity (Wildman–Crippen MR) is 65.9 cm³/mol. The molecule has 1 aromatic rings. The van der Waals surface area contributed by atoms with Gasteiger partial charge in [0.15, 0.2) is 0 Å². The molecule has 0 aliphatic carbocycles. The van der Waals surface area contributed by atoms with Crippen molar-refractivity contribution in [2.75, 3.05) is 0 Å². The van der Waals surface area contributed by atoms with E-state index >= 15 is 0 Å². The molecule has 0 N–H and O–H groups in total. The van der Waals surface area contributed by atoms with Crippen LogP contribution >= 0.6 is 0 Å². The zero-order chi connectivity index (χ0) is 10.7. The number of hydrogen-bond donors (Lipinski definition) is 0. The zero-order valence-corrected chi connectivity index (χ0v) is 8.82. The zero-order valence-electron chi connectivity index (χ0n) is 8.82. The SMILES string of the molecule is C=CCC1(CC=C)C=Nc2ccccc21. The van der Waals surface area contributed by atoms with Crippen molar-refractivity contribution in [3.8, 4) is 0 Å². The first-order valence-electron chi connectivity index (χ1n) is 5.19. The molecule has 0 aromatic heterocycles. The topological polar surface area (TPSA) is 12.4 Å². The largest absolute Gasteiger partial charge is 0.260 e. The standard InChI is InChI=1S/C14H15N/c1-3-9-14(10-4-2)11-15-13-8-6-5-7-12(13)14/h3-8,11H,1-2,9-10H2. The quantitative estimate of drug-likeness (QED) is 0.651. The summed E-state index contributed by atoms with van der Waals surface area (Å²) in [5.41, 5.74) is 2.38. The van der Waals surface area contributed by atoms with Crippen LogP contribution in [0.1, 0.15) is 18.4 Å². The first kappa shape index (κ1) is 9.91. The summed E-state index contributed by atoms with van der Waals surface area (Å²) in [7, 11) is 0. The number of rotatable bonds is 4. The lowest BCUT2D eigenvalue weighted by Gasteiger charge is -2.24. The number of hydrogen-bond acceptors (Lipinski definition) is 1. The van der Waals surface area contributed by atoms with Crippen LogP contribution in [0.15, 0.2) is 54.6 Å². The fourth-order valence-corrected chi connectivity index (χ4v) is 2.19. The lowest BCUT2D eigenvalue weighted by molar-refractivity contribution is 0.617. The molecule has 0 atom stereocenters. The molecule has 0 saturated heterocycles. The van der Waals surface area contributed by atoms with Gasteiger partial charge in [0.2, 0.25) is 0 Å². The van der Waals surface area contributed by atoms with Crippen molar-refractivity contribution in [2.24, 2.45) is 4.99 Å². The maximum Gasteiger partial charge on any atom is 0.0667 e. The van der Waals surface area contributed by atoms with E-state index in [1.807, 2.05) is 24.4 Å². The van der Waals surface area contributed by atoms with Gasteiger partial charge in [-0.3, -0.25) is 4.99 Å². The van der Waals surface area contributed by atoms with Crippen molar-refractivity contribution >= 4 is 11.9 Å². The Labute approximate surface area is 90.9 Å². The molecule has 1 aliphatic rings. The van der Waals surface area contributed by atoms with E-state index < -0.39 is 0 Å². The van der Waals surface area contributed by atoms with Crippen LogP contribution in [-0.2, 0) is 5.41 Å². The Balaban J connectivity index is 2.48. The fourth-order valence-electron chi connectivity index (χ4n) is 2.19. The van der Waals surface area contributed by atoms with Gasteiger partial charge in [0, 0.05) is 11.6 Å². The second-order valence-electron chi connectivity index (χ2n) is 3.92. The Morgan fingerprint density at radius 2 is 1.80 bits per heavy atom. The number of allylic oxidation sites excluding steroid dienone is 2. The summed E-state index contributed by atoms with van der Waals surface area (Å²) in [4.78, 5) is 4.47. The van der Waals surface area contributed by atoms with Crippen LogP contribution in [0.4, 0.5) is 5.69 Å². The van der Waals surface area contributed by atoms with Gasteiger partial charge in [-0.25, -0.2) is 0 Å². The van der Waals surface area contributed by atoms with E-state index in [1.165, 1.54) is 5.56 Å². The van der Waals surface area contributed by atoms with Crippen molar-refractivity contribution in [1.82, 2.24) is 0 Å². The van der Waals surface area contributed by atoms with E-state index in [9.17, 15) is 0 Å². The number of fused-ring (bicyclic) bond motifs is 1. The minimum absolute atomic E-state index is 0.0000926. The summed E-state index contributed by atoms with van der Waals surface area (Å²) in [6.07, 6.45) is 7.79. The van der Waals surface area contributed by atoms with Gasteiger partial charge in [-0.1, -0.05) is 30.4 Å². The van der Waals surface area contributed by atoms with Crippen molar-refractivity contribution in [3.63, 3.8) is 0 Å². The van der Waals surface area contributed by atoms with Gasteiger partial charge in [0.05, 0.1) is 5.69 Å². The van der Waals surface area contributed by atoms with Gasteiger partial charge in [-0.15, -0.1) is 13.2 Å². The maximum atomic E-state index is 4.47. The molecule has 0 spiro atoms. The smallest absolute Gasteiger partial charge is 0.0667 e. The molecule has 15 heavy (non-hydrogen) atoms. The summed E-state index contributed by atoms with van der Waals surface area (Å²) in [5, 5.41) is 0. The highest BCUT2D eigenvalue weighted by molar-refractivity contribution is 5.85. The highest BCUT2D eigenvalue weighted by atomic mass is 14.8. The molecule has 0 fully saturated rings. The van der Waals surface area contributed by atoms with Crippen LogP contribution in [0.3, 0.4) is 0 Å². The summed E-state index contributed by atoms with van der Waals surface area (Å²) >= 11 is 0. The molecule has 0 amide bonds. The van der Waals surface area contributed by atoms with Crippen molar-refractivity contribution in [2.45, 2.75) is 18.3 Å². The van der Waals surface area contributed by atoms with E-state index in [4.69, 9.17) is 0 Å². The number of benzene rings is 1. The Morgan fingerprint density at radius 1 is 1.13 bits per heavy atom. The van der Waals surface area contributed by atoms with Gasteiger partial charge < -0.3 is 0 Å². The maximum absolute atomic E-state index is 4.47. The summed E-state index contributed by atoms with van der Waals surface area (Å²) in [5.74, 6) is 0. The van der Waals surface area contributed by atoms with Crippen LogP contribution in [0.2, 0.25) is 0 Å². The number of aliphatic imine (C=N–C) groups is 1. The second-order valence-corrected chi connectivity index (χ2v) is 3.92. The van der Waals surface area contributed by atoms with E-state index in [0.29, 0.717) is 0 Å². The van der Waals surface area contributed by atoms with Gasteiger partial charge in [0.25, 0.3) is 0 Å². The number of nitrogens with zero attached hydrogens (tertiary/aromatic N) is 1. The average molecular weight is 197 g/mol. The van der Waals surface area contributed by atoms with Crippen LogP contribution in [-0.4, -0.2) is 6.21 Å². The molecule has 1 nitrogen and oxygen atoms in total. The molecule has 1 heteroatoms. The molecule has 0 radical (unpaired) electrons. The lowest BCUT2D eigenvalue weighted by atomic mass is 9.77. The molecule has 1 aliphatic heterocycles. The average Bonchev–Trinajstić information content (AvgIpc) is 2.60. The van der Waals surface area contributed by atoms with E-state index in [1.54, 1.807) is 0 Å². The van der Waals surface area contributed by atoms with Crippen LogP contribution in [0.25, 0.3) is 0 Å². The van der Waals surface area contributed by atoms with E-state index in [-0.39, 0.29) is 5.41 Å². The van der Waals surface area contributed by atoms with E-state index in [2.05, 4.69) is 36.3 Å². The predicted octanol–water partition coefficient (Wildman–Crippen LogP) is 3.79. The van der Waals surface area contributed by atoms with Gasteiger partial charge in [-0.05, 0) is 24.5 Å². The molecular weight excluding hydrogens is 182 g/mol. The van der Waals surface area contributed by atoms with Crippen molar-refractivity contribution in [3.05, 3.63) is 55.1 Å². The van der Waals surface area contributed by atoms with Gasteiger partial charge >= 0.3 is 0 Å². The molecular formula is C14H15N. The monoisotopic (exact) mass is 197 g/mol. The molecule has 2 rings (SSSR count). The first-order chi connectivity index (χ1) is 7.32. The Kier molecular flexibility index (Phi) is 2.55. The van der Waals surface area contributed by atoms with Crippen LogP contribution in [0, 0.1) is 0 Å². The van der Waals surface area contributed by atoms with Crippen molar-refractivity contribution in [1.29, 1.82) is 0 Å². The number of para-hydroxylation sites is 1.